The van der Waals surface area contributed by atoms with Gasteiger partial charge in [0.15, 0.2) is 0 Å². The van der Waals surface area contributed by atoms with Gasteiger partial charge in [-0.25, -0.2) is 0 Å². The molecule has 0 bridgehead atoms. The maximum atomic E-state index is 5.24. The molecule has 27 heavy (non-hydrogen) atoms. The number of nitrogens with zero attached hydrogens (tertiary/aromatic N) is 2. The van der Waals surface area contributed by atoms with Gasteiger partial charge >= 0.3 is 0 Å². The molecule has 4 rings (SSSR count). The highest BCUT2D eigenvalue weighted by molar-refractivity contribution is 5.87. The van der Waals surface area contributed by atoms with E-state index >= 15 is 0 Å². The summed E-state index contributed by atoms with van der Waals surface area (Å²) in [5, 5.41) is 1.36. The first kappa shape index (κ1) is 17.7. The molecule has 138 valence electrons. The SMILES string of the molecule is CCC1c2c(c3cc(C)ccc3n2C#Cc2ccc(OC)cc2)CCN1C. The number of likely N-dealkylation sites (N-methyl/N-ethyl adjacent to an activating group) is 1. The molecular weight excluding hydrogens is 332 g/mol. The summed E-state index contributed by atoms with van der Waals surface area (Å²) < 4.78 is 7.48. The Morgan fingerprint density at radius 2 is 1.93 bits per heavy atom. The van der Waals surface area contributed by atoms with Crippen molar-refractivity contribution in [2.75, 3.05) is 20.7 Å². The molecule has 2 heterocycles. The van der Waals surface area contributed by atoms with Crippen LogP contribution in [0.15, 0.2) is 42.5 Å². The number of hydrogen-bond acceptors (Lipinski definition) is 2. The van der Waals surface area contributed by atoms with E-state index in [0.717, 1.165) is 30.7 Å². The fraction of sp³-hybridized carbons (Fsp3) is 0.333. The zero-order chi connectivity index (χ0) is 19.0. The van der Waals surface area contributed by atoms with Crippen molar-refractivity contribution in [3.63, 3.8) is 0 Å². The highest BCUT2D eigenvalue weighted by atomic mass is 16.5. The number of ether oxygens (including phenoxy) is 1. The summed E-state index contributed by atoms with van der Waals surface area (Å²) in [4.78, 5) is 2.46. The number of aromatic nitrogens is 1. The van der Waals surface area contributed by atoms with Gasteiger partial charge in [0.05, 0.1) is 24.4 Å². The van der Waals surface area contributed by atoms with Crippen LogP contribution in [0, 0.1) is 18.9 Å². The highest BCUT2D eigenvalue weighted by Crippen LogP contribution is 2.37. The van der Waals surface area contributed by atoms with Crippen molar-refractivity contribution in [2.45, 2.75) is 32.7 Å². The van der Waals surface area contributed by atoms with E-state index in [-0.39, 0.29) is 0 Å². The van der Waals surface area contributed by atoms with Crippen LogP contribution in [0.3, 0.4) is 0 Å². The standard InChI is InChI=1S/C24H26N2O/c1-5-22-24-20(13-14-25(22)3)21-16-17(2)6-11-23(21)26(24)15-12-18-7-9-19(27-4)10-8-18/h6-11,16,22H,5,13-14H2,1-4H3. The monoisotopic (exact) mass is 358 g/mol. The van der Waals surface area contributed by atoms with E-state index in [1.165, 1.54) is 27.7 Å². The van der Waals surface area contributed by atoms with E-state index in [0.29, 0.717) is 6.04 Å². The third kappa shape index (κ3) is 3.11. The van der Waals surface area contributed by atoms with E-state index in [2.05, 4.69) is 60.5 Å². The fourth-order valence-corrected chi connectivity index (χ4v) is 4.18. The van der Waals surface area contributed by atoms with E-state index < -0.39 is 0 Å². The topological polar surface area (TPSA) is 17.4 Å². The minimum atomic E-state index is 0.409. The lowest BCUT2D eigenvalue weighted by atomic mass is 9.96. The maximum absolute atomic E-state index is 5.24. The summed E-state index contributed by atoms with van der Waals surface area (Å²) in [6, 6.07) is 18.5. The molecular formula is C24H26N2O. The number of methoxy groups -OCH3 is 1. The lowest BCUT2D eigenvalue weighted by Gasteiger charge is -2.32. The molecule has 3 nitrogen and oxygen atoms in total. The quantitative estimate of drug-likeness (QED) is 0.615. The normalized spacial score (nSPS) is 16.7. The van der Waals surface area contributed by atoms with Crippen molar-refractivity contribution in [1.82, 2.24) is 9.47 Å². The predicted octanol–water partition coefficient (Wildman–Crippen LogP) is 4.75. The number of hydrogen-bond donors (Lipinski definition) is 0. The van der Waals surface area contributed by atoms with Crippen LogP contribution in [-0.2, 0) is 6.42 Å². The van der Waals surface area contributed by atoms with Crippen molar-refractivity contribution < 1.29 is 4.74 Å². The summed E-state index contributed by atoms with van der Waals surface area (Å²) in [5.74, 6) is 4.21. The van der Waals surface area contributed by atoms with Gasteiger partial charge in [-0.05, 0) is 74.7 Å². The van der Waals surface area contributed by atoms with Gasteiger partial charge in [-0.2, -0.15) is 0 Å². The smallest absolute Gasteiger partial charge is 0.118 e. The van der Waals surface area contributed by atoms with Crippen molar-refractivity contribution in [3.05, 3.63) is 64.8 Å². The second-order valence-corrected chi connectivity index (χ2v) is 7.34. The van der Waals surface area contributed by atoms with E-state index in [1.54, 1.807) is 7.11 Å². The van der Waals surface area contributed by atoms with Crippen LogP contribution >= 0.6 is 0 Å². The molecule has 1 unspecified atom stereocenters. The molecule has 1 aromatic heterocycles. The van der Waals surface area contributed by atoms with Crippen molar-refractivity contribution in [1.29, 1.82) is 0 Å². The van der Waals surface area contributed by atoms with Crippen LogP contribution in [0.5, 0.6) is 5.75 Å². The zero-order valence-corrected chi connectivity index (χ0v) is 16.5. The highest BCUT2D eigenvalue weighted by Gasteiger charge is 2.29. The van der Waals surface area contributed by atoms with Gasteiger partial charge in [-0.3, -0.25) is 9.47 Å². The molecule has 1 atom stereocenters. The van der Waals surface area contributed by atoms with Crippen LogP contribution in [-0.4, -0.2) is 30.2 Å². The first-order valence-corrected chi connectivity index (χ1v) is 9.62. The Morgan fingerprint density at radius 1 is 1.15 bits per heavy atom. The minimum Gasteiger partial charge on any atom is -0.497 e. The van der Waals surface area contributed by atoms with Gasteiger partial charge in [0.25, 0.3) is 0 Å². The molecule has 0 spiro atoms. The Balaban J connectivity index is 1.89. The zero-order valence-electron chi connectivity index (χ0n) is 16.5. The molecule has 0 fully saturated rings. The average molecular weight is 358 g/mol. The number of aryl methyl sites for hydroxylation is 1. The van der Waals surface area contributed by atoms with E-state index in [4.69, 9.17) is 4.74 Å². The molecule has 3 heteroatoms. The molecule has 1 aliphatic heterocycles. The molecule has 1 aliphatic rings. The van der Waals surface area contributed by atoms with Gasteiger partial charge in [0.2, 0.25) is 0 Å². The van der Waals surface area contributed by atoms with Crippen LogP contribution in [0.1, 0.15) is 41.8 Å². The Hall–Kier alpha value is -2.70. The molecule has 2 aromatic carbocycles. The molecule has 0 saturated carbocycles. The van der Waals surface area contributed by atoms with Gasteiger partial charge in [-0.15, -0.1) is 0 Å². The van der Waals surface area contributed by atoms with Gasteiger partial charge in [0.1, 0.15) is 5.75 Å². The van der Waals surface area contributed by atoms with Crippen LogP contribution in [0.2, 0.25) is 0 Å². The molecule has 0 amide bonds. The minimum absolute atomic E-state index is 0.409. The maximum Gasteiger partial charge on any atom is 0.118 e. The number of fused-ring (bicyclic) bond motifs is 3. The Labute approximate surface area is 161 Å². The summed E-state index contributed by atoms with van der Waals surface area (Å²) >= 11 is 0. The Kier molecular flexibility index (Phi) is 4.68. The van der Waals surface area contributed by atoms with E-state index in [1.807, 2.05) is 24.3 Å². The second kappa shape index (κ2) is 7.13. The molecule has 0 radical (unpaired) electrons. The van der Waals surface area contributed by atoms with Crippen molar-refractivity contribution in [3.8, 4) is 17.7 Å². The Morgan fingerprint density at radius 3 is 2.63 bits per heavy atom. The summed E-state index contributed by atoms with van der Waals surface area (Å²) in [5.41, 5.74) is 6.36. The first-order valence-electron chi connectivity index (χ1n) is 9.62. The predicted molar refractivity (Wildman–Crippen MR) is 111 cm³/mol. The molecule has 0 N–H and O–H groups in total. The van der Waals surface area contributed by atoms with Crippen molar-refractivity contribution >= 4 is 10.9 Å². The Bertz CT molecular complexity index is 1030. The summed E-state index contributed by atoms with van der Waals surface area (Å²) in [6.45, 7) is 5.53. The lowest BCUT2D eigenvalue weighted by molar-refractivity contribution is 0.219. The van der Waals surface area contributed by atoms with Crippen LogP contribution in [0.4, 0.5) is 0 Å². The lowest BCUT2D eigenvalue weighted by Crippen LogP contribution is -2.32. The van der Waals surface area contributed by atoms with Gasteiger partial charge in [-0.1, -0.05) is 18.6 Å². The van der Waals surface area contributed by atoms with Gasteiger partial charge < -0.3 is 4.74 Å². The summed E-state index contributed by atoms with van der Waals surface area (Å²) in [6.07, 6.45) is 2.17. The number of benzene rings is 2. The molecule has 0 saturated heterocycles. The van der Waals surface area contributed by atoms with Crippen LogP contribution < -0.4 is 4.74 Å². The molecule has 3 aromatic rings. The number of rotatable bonds is 2. The van der Waals surface area contributed by atoms with E-state index in [9.17, 15) is 0 Å². The van der Waals surface area contributed by atoms with Crippen molar-refractivity contribution in [2.24, 2.45) is 0 Å². The largest absolute Gasteiger partial charge is 0.497 e. The van der Waals surface area contributed by atoms with Crippen LogP contribution in [0.25, 0.3) is 10.9 Å². The summed E-state index contributed by atoms with van der Waals surface area (Å²) in [7, 11) is 3.91. The average Bonchev–Trinajstić information content (AvgIpc) is 2.99. The second-order valence-electron chi connectivity index (χ2n) is 7.34. The fourth-order valence-electron chi connectivity index (χ4n) is 4.18. The van der Waals surface area contributed by atoms with Gasteiger partial charge in [0, 0.05) is 23.5 Å². The third-order valence-electron chi connectivity index (χ3n) is 5.62. The molecule has 0 aliphatic carbocycles. The third-order valence-corrected chi connectivity index (χ3v) is 5.62. The first-order chi connectivity index (χ1) is 13.1.